The summed E-state index contributed by atoms with van der Waals surface area (Å²) >= 11 is 8.33. The van der Waals surface area contributed by atoms with Crippen molar-refractivity contribution in [1.29, 1.82) is 5.26 Å². The Morgan fingerprint density at radius 3 is 2.70 bits per heavy atom. The van der Waals surface area contributed by atoms with Gasteiger partial charge >= 0.3 is 0 Å². The van der Waals surface area contributed by atoms with Crippen molar-refractivity contribution in [2.24, 2.45) is 0 Å². The van der Waals surface area contributed by atoms with Gasteiger partial charge in [-0.2, -0.15) is 5.26 Å². The summed E-state index contributed by atoms with van der Waals surface area (Å²) in [4.78, 5) is 11.5. The molecule has 0 radical (unpaired) electrons. The second-order valence-electron chi connectivity index (χ2n) is 3.79. The first-order valence-electron chi connectivity index (χ1n) is 5.37. The third kappa shape index (κ3) is 3.36. The first kappa shape index (κ1) is 15.0. The summed E-state index contributed by atoms with van der Waals surface area (Å²) in [6.45, 7) is 0.474. The molecule has 102 valence electrons. The number of thiophene rings is 1. The van der Waals surface area contributed by atoms with Gasteiger partial charge in [-0.05, 0) is 50.1 Å². The van der Waals surface area contributed by atoms with Gasteiger partial charge in [-0.25, -0.2) is 0 Å². The maximum Gasteiger partial charge on any atom is 0.293 e. The topological polar surface area (TPSA) is 79.0 Å². The SMILES string of the molecule is N#Cc1ccc(NCc2cc(Br)c(Br)s2)c([N+](=O)[O-])c1. The van der Waals surface area contributed by atoms with Gasteiger partial charge in [-0.3, -0.25) is 10.1 Å². The van der Waals surface area contributed by atoms with Crippen LogP contribution in [0.25, 0.3) is 0 Å². The molecule has 0 fully saturated rings. The molecular weight excluding hydrogens is 410 g/mol. The van der Waals surface area contributed by atoms with Crippen molar-refractivity contribution in [3.63, 3.8) is 0 Å². The molecule has 0 aliphatic heterocycles. The summed E-state index contributed by atoms with van der Waals surface area (Å²) < 4.78 is 1.93. The Morgan fingerprint density at radius 2 is 2.15 bits per heavy atom. The van der Waals surface area contributed by atoms with Gasteiger partial charge in [0.05, 0.1) is 20.3 Å². The van der Waals surface area contributed by atoms with Crippen molar-refractivity contribution < 1.29 is 4.92 Å². The maximum absolute atomic E-state index is 11.0. The number of halogens is 2. The first-order chi connectivity index (χ1) is 9.51. The van der Waals surface area contributed by atoms with Gasteiger partial charge in [0.1, 0.15) is 5.69 Å². The van der Waals surface area contributed by atoms with E-state index in [0.717, 1.165) is 13.1 Å². The van der Waals surface area contributed by atoms with Crippen LogP contribution in [0.2, 0.25) is 0 Å². The van der Waals surface area contributed by atoms with Gasteiger partial charge in [-0.15, -0.1) is 11.3 Å². The zero-order chi connectivity index (χ0) is 14.7. The molecule has 0 aliphatic rings. The van der Waals surface area contributed by atoms with Gasteiger partial charge in [-0.1, -0.05) is 0 Å². The van der Waals surface area contributed by atoms with E-state index in [9.17, 15) is 10.1 Å². The smallest absolute Gasteiger partial charge is 0.293 e. The van der Waals surface area contributed by atoms with Crippen LogP contribution in [0.4, 0.5) is 11.4 Å². The summed E-state index contributed by atoms with van der Waals surface area (Å²) in [5.41, 5.74) is 0.567. The molecule has 2 aromatic rings. The Labute approximate surface area is 135 Å². The van der Waals surface area contributed by atoms with Crippen LogP contribution in [0.1, 0.15) is 10.4 Å². The van der Waals surface area contributed by atoms with Gasteiger partial charge < -0.3 is 5.32 Å². The lowest BCUT2D eigenvalue weighted by Gasteiger charge is -2.05. The number of nitrogens with zero attached hydrogens (tertiary/aromatic N) is 2. The zero-order valence-electron chi connectivity index (χ0n) is 9.89. The minimum atomic E-state index is -0.497. The van der Waals surface area contributed by atoms with E-state index in [-0.39, 0.29) is 11.3 Å². The monoisotopic (exact) mass is 415 g/mol. The third-order valence-electron chi connectivity index (χ3n) is 2.47. The average molecular weight is 417 g/mol. The molecule has 20 heavy (non-hydrogen) atoms. The zero-order valence-corrected chi connectivity index (χ0v) is 13.9. The molecule has 0 unspecified atom stereocenters. The quantitative estimate of drug-likeness (QED) is 0.580. The summed E-state index contributed by atoms with van der Waals surface area (Å²) in [5.74, 6) is 0. The van der Waals surface area contributed by atoms with Crippen LogP contribution < -0.4 is 5.32 Å². The van der Waals surface area contributed by atoms with Crippen LogP contribution in [0.3, 0.4) is 0 Å². The van der Waals surface area contributed by atoms with Crippen LogP contribution in [0.15, 0.2) is 32.5 Å². The van der Waals surface area contributed by atoms with Gasteiger partial charge in [0, 0.05) is 22.0 Å². The van der Waals surface area contributed by atoms with E-state index < -0.39 is 4.92 Å². The fraction of sp³-hybridized carbons (Fsp3) is 0.0833. The van der Waals surface area contributed by atoms with E-state index in [4.69, 9.17) is 5.26 Å². The minimum absolute atomic E-state index is 0.0984. The summed E-state index contributed by atoms with van der Waals surface area (Å²) in [5, 5.41) is 22.8. The molecule has 1 N–H and O–H groups in total. The predicted octanol–water partition coefficient (Wildman–Crippen LogP) is 4.67. The molecule has 0 atom stereocenters. The number of nitriles is 1. The van der Waals surface area contributed by atoms with Gasteiger partial charge in [0.25, 0.3) is 5.69 Å². The highest BCUT2D eigenvalue weighted by atomic mass is 79.9. The lowest BCUT2D eigenvalue weighted by molar-refractivity contribution is -0.384. The fourth-order valence-corrected chi connectivity index (χ4v) is 3.68. The fourth-order valence-electron chi connectivity index (χ4n) is 1.56. The number of rotatable bonds is 4. The number of anilines is 1. The Hall–Kier alpha value is -1.43. The number of hydrogen-bond donors (Lipinski definition) is 1. The van der Waals surface area contributed by atoms with Crippen molar-refractivity contribution in [2.75, 3.05) is 5.32 Å². The number of hydrogen-bond acceptors (Lipinski definition) is 5. The highest BCUT2D eigenvalue weighted by molar-refractivity contribution is 9.13. The normalized spacial score (nSPS) is 10.1. The lowest BCUT2D eigenvalue weighted by Crippen LogP contribution is -2.01. The van der Waals surface area contributed by atoms with Crippen molar-refractivity contribution >= 4 is 54.6 Å². The second-order valence-corrected chi connectivity index (χ2v) is 7.10. The molecule has 8 heteroatoms. The Kier molecular flexibility index (Phi) is 4.75. The summed E-state index contributed by atoms with van der Waals surface area (Å²) in [6, 6.07) is 8.20. The molecule has 0 amide bonds. The summed E-state index contributed by atoms with van der Waals surface area (Å²) in [6.07, 6.45) is 0. The van der Waals surface area contributed by atoms with E-state index in [0.29, 0.717) is 12.2 Å². The third-order valence-corrected chi connectivity index (χ3v) is 5.73. The van der Waals surface area contributed by atoms with E-state index >= 15 is 0 Å². The van der Waals surface area contributed by atoms with Crippen LogP contribution in [-0.2, 0) is 6.54 Å². The van der Waals surface area contributed by atoms with Crippen LogP contribution in [0.5, 0.6) is 0 Å². The molecule has 0 saturated heterocycles. The molecule has 1 aromatic carbocycles. The lowest BCUT2D eigenvalue weighted by atomic mass is 10.2. The van der Waals surface area contributed by atoms with Gasteiger partial charge in [0.15, 0.2) is 0 Å². The van der Waals surface area contributed by atoms with Crippen LogP contribution in [0, 0.1) is 21.4 Å². The Morgan fingerprint density at radius 1 is 1.40 bits per heavy atom. The molecular formula is C12H7Br2N3O2S. The van der Waals surface area contributed by atoms with Crippen molar-refractivity contribution in [3.05, 3.63) is 53.1 Å². The number of nitrogens with one attached hydrogen (secondary N) is 1. The molecule has 1 heterocycles. The molecule has 2 rings (SSSR count). The van der Waals surface area contributed by atoms with E-state index in [1.54, 1.807) is 23.5 Å². The van der Waals surface area contributed by atoms with E-state index in [1.165, 1.54) is 6.07 Å². The maximum atomic E-state index is 11.0. The minimum Gasteiger partial charge on any atom is -0.375 e. The van der Waals surface area contributed by atoms with Crippen molar-refractivity contribution in [2.45, 2.75) is 6.54 Å². The molecule has 5 nitrogen and oxygen atoms in total. The van der Waals surface area contributed by atoms with Crippen molar-refractivity contribution in [1.82, 2.24) is 0 Å². The van der Waals surface area contributed by atoms with Crippen LogP contribution in [-0.4, -0.2) is 4.92 Å². The number of benzene rings is 1. The second kappa shape index (κ2) is 6.35. The Balaban J connectivity index is 2.21. The number of nitro benzene ring substituents is 1. The van der Waals surface area contributed by atoms with Crippen LogP contribution >= 0.6 is 43.2 Å². The predicted molar refractivity (Wildman–Crippen MR) is 84.9 cm³/mol. The largest absolute Gasteiger partial charge is 0.375 e. The molecule has 0 spiro atoms. The standard InChI is InChI=1S/C12H7Br2N3O2S/c13-9-4-8(20-12(9)14)6-16-10-2-1-7(5-15)3-11(10)17(18)19/h1-4,16H,6H2. The molecule has 0 aliphatic carbocycles. The number of nitro groups is 1. The van der Waals surface area contributed by atoms with Crippen molar-refractivity contribution in [3.8, 4) is 6.07 Å². The van der Waals surface area contributed by atoms with E-state index in [2.05, 4.69) is 37.2 Å². The average Bonchev–Trinajstić information content (AvgIpc) is 2.75. The highest BCUT2D eigenvalue weighted by Crippen LogP contribution is 2.33. The molecule has 1 aromatic heterocycles. The molecule has 0 bridgehead atoms. The highest BCUT2D eigenvalue weighted by Gasteiger charge is 2.15. The van der Waals surface area contributed by atoms with Gasteiger partial charge in [0.2, 0.25) is 0 Å². The molecule has 0 saturated carbocycles. The Bertz CT molecular complexity index is 690. The first-order valence-corrected chi connectivity index (χ1v) is 7.77. The van der Waals surface area contributed by atoms with E-state index in [1.807, 2.05) is 12.1 Å². The summed E-state index contributed by atoms with van der Waals surface area (Å²) in [7, 11) is 0.